The van der Waals surface area contributed by atoms with E-state index in [0.717, 1.165) is 25.9 Å². The molecule has 0 aliphatic carbocycles. The maximum atomic E-state index is 11.2. The largest absolute Gasteiger partial charge is 0.469 e. The Morgan fingerprint density at radius 1 is 1.43 bits per heavy atom. The molecule has 1 heterocycles. The first kappa shape index (κ1) is 11.0. The second kappa shape index (κ2) is 4.95. The zero-order valence-electron chi connectivity index (χ0n) is 8.36. The van der Waals surface area contributed by atoms with Crippen LogP contribution in [0.25, 0.3) is 0 Å². The zero-order valence-corrected chi connectivity index (χ0v) is 8.36. The standard InChI is InChI=1S/C9H16N2O3/c1-14-9(13)7-2-4-11(5-3-7)6-8(10)12/h7H,2-6H2,1H3,(H2,10,12). The number of rotatable bonds is 3. The molecule has 1 aliphatic heterocycles. The molecule has 0 atom stereocenters. The minimum atomic E-state index is -0.318. The molecule has 0 aromatic heterocycles. The molecule has 1 fully saturated rings. The van der Waals surface area contributed by atoms with Crippen LogP contribution in [0.15, 0.2) is 0 Å². The third-order valence-corrected chi connectivity index (χ3v) is 2.50. The van der Waals surface area contributed by atoms with Gasteiger partial charge in [-0.3, -0.25) is 14.5 Å². The molecule has 14 heavy (non-hydrogen) atoms. The summed E-state index contributed by atoms with van der Waals surface area (Å²) in [5, 5.41) is 0. The summed E-state index contributed by atoms with van der Waals surface area (Å²) in [6.07, 6.45) is 1.50. The van der Waals surface area contributed by atoms with E-state index in [0.29, 0.717) is 0 Å². The summed E-state index contributed by atoms with van der Waals surface area (Å²) < 4.78 is 4.66. The summed E-state index contributed by atoms with van der Waals surface area (Å²) >= 11 is 0. The Kier molecular flexibility index (Phi) is 3.88. The Balaban J connectivity index is 2.31. The third kappa shape index (κ3) is 2.99. The van der Waals surface area contributed by atoms with Gasteiger partial charge in [-0.1, -0.05) is 0 Å². The maximum Gasteiger partial charge on any atom is 0.308 e. The van der Waals surface area contributed by atoms with Gasteiger partial charge < -0.3 is 10.5 Å². The molecule has 0 bridgehead atoms. The Morgan fingerprint density at radius 3 is 2.43 bits per heavy atom. The molecule has 1 amide bonds. The van der Waals surface area contributed by atoms with Gasteiger partial charge in [-0.05, 0) is 25.9 Å². The van der Waals surface area contributed by atoms with Crippen LogP contribution in [0.5, 0.6) is 0 Å². The van der Waals surface area contributed by atoms with Gasteiger partial charge >= 0.3 is 5.97 Å². The summed E-state index contributed by atoms with van der Waals surface area (Å²) in [7, 11) is 1.40. The molecule has 1 rings (SSSR count). The first-order valence-corrected chi connectivity index (χ1v) is 4.72. The number of esters is 1. The fourth-order valence-corrected chi connectivity index (χ4v) is 1.71. The van der Waals surface area contributed by atoms with E-state index in [4.69, 9.17) is 5.73 Å². The number of carbonyl (C=O) groups is 2. The molecule has 5 nitrogen and oxygen atoms in total. The molecule has 0 radical (unpaired) electrons. The molecule has 1 saturated heterocycles. The molecule has 1 aliphatic rings. The number of likely N-dealkylation sites (tertiary alicyclic amines) is 1. The second-order valence-corrected chi connectivity index (χ2v) is 3.54. The molecular weight excluding hydrogens is 184 g/mol. The molecule has 0 aromatic carbocycles. The number of primary amides is 1. The highest BCUT2D eigenvalue weighted by molar-refractivity contribution is 5.76. The monoisotopic (exact) mass is 200 g/mol. The number of carbonyl (C=O) groups excluding carboxylic acids is 2. The van der Waals surface area contributed by atoms with Crippen LogP contribution < -0.4 is 5.73 Å². The maximum absolute atomic E-state index is 11.2. The highest BCUT2D eigenvalue weighted by Gasteiger charge is 2.25. The molecule has 0 aromatic rings. The van der Waals surface area contributed by atoms with Crippen LogP contribution in [0.1, 0.15) is 12.8 Å². The third-order valence-electron chi connectivity index (χ3n) is 2.50. The average Bonchev–Trinajstić information content (AvgIpc) is 2.17. The van der Waals surface area contributed by atoms with Crippen molar-refractivity contribution < 1.29 is 14.3 Å². The number of hydrogen-bond acceptors (Lipinski definition) is 4. The SMILES string of the molecule is COC(=O)C1CCN(CC(N)=O)CC1. The lowest BCUT2D eigenvalue weighted by Gasteiger charge is -2.29. The fraction of sp³-hybridized carbons (Fsp3) is 0.778. The zero-order chi connectivity index (χ0) is 10.6. The molecule has 2 N–H and O–H groups in total. The number of ether oxygens (including phenoxy) is 1. The van der Waals surface area contributed by atoms with E-state index in [1.165, 1.54) is 7.11 Å². The van der Waals surface area contributed by atoms with Crippen molar-refractivity contribution in [2.45, 2.75) is 12.8 Å². The number of methoxy groups -OCH3 is 1. The first-order valence-electron chi connectivity index (χ1n) is 4.72. The summed E-state index contributed by atoms with van der Waals surface area (Å²) in [6, 6.07) is 0. The summed E-state index contributed by atoms with van der Waals surface area (Å²) in [5.41, 5.74) is 5.07. The van der Waals surface area contributed by atoms with E-state index in [1.54, 1.807) is 0 Å². The first-order chi connectivity index (χ1) is 6.63. The van der Waals surface area contributed by atoms with E-state index in [2.05, 4.69) is 4.74 Å². The highest BCUT2D eigenvalue weighted by atomic mass is 16.5. The Morgan fingerprint density at radius 2 is 2.00 bits per heavy atom. The van der Waals surface area contributed by atoms with Crippen molar-refractivity contribution in [3.63, 3.8) is 0 Å². The van der Waals surface area contributed by atoms with Crippen LogP contribution in [0.4, 0.5) is 0 Å². The summed E-state index contributed by atoms with van der Waals surface area (Å²) in [6.45, 7) is 1.76. The minimum absolute atomic E-state index is 0.0101. The summed E-state index contributed by atoms with van der Waals surface area (Å²) in [4.78, 5) is 23.8. The lowest BCUT2D eigenvalue weighted by atomic mass is 9.97. The normalized spacial score (nSPS) is 19.2. The smallest absolute Gasteiger partial charge is 0.308 e. The van der Waals surface area contributed by atoms with Gasteiger partial charge in [0.05, 0.1) is 19.6 Å². The Hall–Kier alpha value is -1.10. The van der Waals surface area contributed by atoms with Gasteiger partial charge in [0.2, 0.25) is 5.91 Å². The molecule has 0 unspecified atom stereocenters. The van der Waals surface area contributed by atoms with Crippen molar-refractivity contribution in [2.24, 2.45) is 11.7 Å². The highest BCUT2D eigenvalue weighted by Crippen LogP contribution is 2.17. The van der Waals surface area contributed by atoms with Crippen LogP contribution >= 0.6 is 0 Å². The van der Waals surface area contributed by atoms with Crippen molar-refractivity contribution in [3.8, 4) is 0 Å². The number of nitrogens with two attached hydrogens (primary N) is 1. The predicted molar refractivity (Wildman–Crippen MR) is 50.4 cm³/mol. The lowest BCUT2D eigenvalue weighted by molar-refractivity contribution is -0.147. The van der Waals surface area contributed by atoms with E-state index in [9.17, 15) is 9.59 Å². The van der Waals surface area contributed by atoms with Gasteiger partial charge in [0.1, 0.15) is 0 Å². The van der Waals surface area contributed by atoms with Crippen LogP contribution in [0.3, 0.4) is 0 Å². The molecule has 0 saturated carbocycles. The van der Waals surface area contributed by atoms with E-state index >= 15 is 0 Å². The van der Waals surface area contributed by atoms with Gasteiger partial charge in [-0.25, -0.2) is 0 Å². The molecule has 5 heteroatoms. The fourth-order valence-electron chi connectivity index (χ4n) is 1.71. The van der Waals surface area contributed by atoms with Gasteiger partial charge in [0.15, 0.2) is 0 Å². The summed E-state index contributed by atoms with van der Waals surface area (Å²) in [5.74, 6) is -0.477. The second-order valence-electron chi connectivity index (χ2n) is 3.54. The minimum Gasteiger partial charge on any atom is -0.469 e. The average molecular weight is 200 g/mol. The lowest BCUT2D eigenvalue weighted by Crippen LogP contribution is -2.41. The van der Waals surface area contributed by atoms with E-state index in [-0.39, 0.29) is 24.3 Å². The van der Waals surface area contributed by atoms with Crippen molar-refractivity contribution >= 4 is 11.9 Å². The number of nitrogens with zero attached hydrogens (tertiary/aromatic N) is 1. The van der Waals surface area contributed by atoms with Gasteiger partial charge in [0, 0.05) is 0 Å². The van der Waals surface area contributed by atoms with Gasteiger partial charge in [-0.15, -0.1) is 0 Å². The number of amides is 1. The predicted octanol–water partition coefficient (Wildman–Crippen LogP) is -0.643. The van der Waals surface area contributed by atoms with E-state index in [1.807, 2.05) is 4.90 Å². The molecule has 0 spiro atoms. The van der Waals surface area contributed by atoms with Crippen molar-refractivity contribution in [1.29, 1.82) is 0 Å². The Labute approximate surface area is 83.2 Å². The van der Waals surface area contributed by atoms with Crippen LogP contribution in [0, 0.1) is 5.92 Å². The Bertz CT molecular complexity index is 222. The number of piperidine rings is 1. The van der Waals surface area contributed by atoms with Crippen LogP contribution in [-0.4, -0.2) is 43.5 Å². The van der Waals surface area contributed by atoms with Crippen LogP contribution in [-0.2, 0) is 14.3 Å². The van der Waals surface area contributed by atoms with E-state index < -0.39 is 0 Å². The van der Waals surface area contributed by atoms with Crippen molar-refractivity contribution in [1.82, 2.24) is 4.90 Å². The molecular formula is C9H16N2O3. The molecule has 80 valence electrons. The number of hydrogen-bond donors (Lipinski definition) is 1. The van der Waals surface area contributed by atoms with Crippen molar-refractivity contribution in [2.75, 3.05) is 26.7 Å². The van der Waals surface area contributed by atoms with Gasteiger partial charge in [0.25, 0.3) is 0 Å². The van der Waals surface area contributed by atoms with Crippen molar-refractivity contribution in [3.05, 3.63) is 0 Å². The van der Waals surface area contributed by atoms with Crippen LogP contribution in [0.2, 0.25) is 0 Å². The topological polar surface area (TPSA) is 72.6 Å². The van der Waals surface area contributed by atoms with Gasteiger partial charge in [-0.2, -0.15) is 0 Å². The quantitative estimate of drug-likeness (QED) is 0.615.